The highest BCUT2D eigenvalue weighted by atomic mass is 19.1. The van der Waals surface area contributed by atoms with Crippen LogP contribution in [0.25, 0.3) is 0 Å². The number of hydrogen-bond acceptors (Lipinski definition) is 2. The first kappa shape index (κ1) is 15.0. The van der Waals surface area contributed by atoms with Crippen molar-refractivity contribution in [3.8, 4) is 0 Å². The predicted octanol–water partition coefficient (Wildman–Crippen LogP) is 2.55. The molecule has 0 radical (unpaired) electrons. The van der Waals surface area contributed by atoms with Crippen LogP contribution in [0, 0.1) is 19.7 Å². The van der Waals surface area contributed by atoms with Crippen molar-refractivity contribution < 1.29 is 14.3 Å². The molecule has 4 nitrogen and oxygen atoms in total. The third-order valence-corrected chi connectivity index (χ3v) is 3.49. The summed E-state index contributed by atoms with van der Waals surface area (Å²) < 4.78 is 14.5. The molecule has 110 valence electrons. The highest BCUT2D eigenvalue weighted by Crippen LogP contribution is 2.12. The number of rotatable bonds is 4. The Morgan fingerprint density at radius 1 is 1.29 bits per heavy atom. The molecule has 1 aromatic heterocycles. The summed E-state index contributed by atoms with van der Waals surface area (Å²) in [5.41, 5.74) is 1.54. The molecule has 0 atom stereocenters. The smallest absolute Gasteiger partial charge is 0.337 e. The third kappa shape index (κ3) is 3.18. The SMILES string of the molecule is Cc1cc(=O)n(CCc2cccc(F)c2)c(C)c1C(=O)O. The lowest BCUT2D eigenvalue weighted by Crippen LogP contribution is -2.26. The van der Waals surface area contributed by atoms with Crippen LogP contribution < -0.4 is 5.56 Å². The zero-order valence-electron chi connectivity index (χ0n) is 11.9. The number of nitrogens with zero attached hydrogens (tertiary/aromatic N) is 1. The van der Waals surface area contributed by atoms with Crippen LogP contribution in [0.2, 0.25) is 0 Å². The van der Waals surface area contributed by atoms with Crippen LogP contribution in [0.5, 0.6) is 0 Å². The third-order valence-electron chi connectivity index (χ3n) is 3.49. The van der Waals surface area contributed by atoms with Crippen LogP contribution in [0.3, 0.4) is 0 Å². The minimum Gasteiger partial charge on any atom is -0.478 e. The molecule has 0 saturated heterocycles. The number of halogens is 1. The van der Waals surface area contributed by atoms with Crippen LogP contribution in [-0.4, -0.2) is 15.6 Å². The normalized spacial score (nSPS) is 10.6. The lowest BCUT2D eigenvalue weighted by molar-refractivity contribution is 0.0694. The van der Waals surface area contributed by atoms with Gasteiger partial charge in [-0.25, -0.2) is 9.18 Å². The standard InChI is InChI=1S/C16H16FNO3/c1-10-8-14(19)18(11(2)15(10)16(20)21)7-6-12-4-3-5-13(17)9-12/h3-5,8-9H,6-7H2,1-2H3,(H,20,21). The summed E-state index contributed by atoms with van der Waals surface area (Å²) in [5, 5.41) is 9.22. The number of carbonyl (C=O) groups is 1. The summed E-state index contributed by atoms with van der Waals surface area (Å²) in [6.45, 7) is 3.53. The van der Waals surface area contributed by atoms with E-state index in [2.05, 4.69) is 0 Å². The van der Waals surface area contributed by atoms with Gasteiger partial charge in [0.05, 0.1) is 5.56 Å². The summed E-state index contributed by atoms with van der Waals surface area (Å²) >= 11 is 0. The van der Waals surface area contributed by atoms with Crippen molar-refractivity contribution in [2.75, 3.05) is 0 Å². The van der Waals surface area contributed by atoms with Crippen LogP contribution >= 0.6 is 0 Å². The molecule has 0 unspecified atom stereocenters. The Morgan fingerprint density at radius 2 is 2.00 bits per heavy atom. The van der Waals surface area contributed by atoms with E-state index in [0.29, 0.717) is 24.2 Å². The molecule has 0 aliphatic rings. The van der Waals surface area contributed by atoms with Crippen LogP contribution in [0.4, 0.5) is 4.39 Å². The summed E-state index contributed by atoms with van der Waals surface area (Å²) in [4.78, 5) is 23.3. The summed E-state index contributed by atoms with van der Waals surface area (Å²) in [6.07, 6.45) is 0.459. The van der Waals surface area contributed by atoms with E-state index in [9.17, 15) is 19.1 Å². The fraction of sp³-hybridized carbons (Fsp3) is 0.250. The quantitative estimate of drug-likeness (QED) is 0.941. The molecule has 2 aromatic rings. The number of benzene rings is 1. The Kier molecular flexibility index (Phi) is 4.21. The average molecular weight is 289 g/mol. The van der Waals surface area contributed by atoms with Gasteiger partial charge in [-0.2, -0.15) is 0 Å². The zero-order chi connectivity index (χ0) is 15.6. The van der Waals surface area contributed by atoms with Gasteiger partial charge in [-0.15, -0.1) is 0 Å². The Labute approximate surface area is 121 Å². The van der Waals surface area contributed by atoms with E-state index >= 15 is 0 Å². The van der Waals surface area contributed by atoms with Gasteiger partial charge in [0.2, 0.25) is 0 Å². The average Bonchev–Trinajstić information content (AvgIpc) is 2.37. The molecular formula is C16H16FNO3. The number of aryl methyl sites for hydroxylation is 2. The van der Waals surface area contributed by atoms with E-state index < -0.39 is 5.97 Å². The zero-order valence-corrected chi connectivity index (χ0v) is 11.9. The minimum absolute atomic E-state index is 0.147. The van der Waals surface area contributed by atoms with Gasteiger partial charge in [0.25, 0.3) is 5.56 Å². The van der Waals surface area contributed by atoms with Crippen molar-refractivity contribution in [1.82, 2.24) is 4.57 Å². The number of aromatic carboxylic acids is 1. The molecule has 0 spiro atoms. The van der Waals surface area contributed by atoms with E-state index in [0.717, 1.165) is 5.56 Å². The molecule has 0 bridgehead atoms. The van der Waals surface area contributed by atoms with Crippen molar-refractivity contribution in [1.29, 1.82) is 0 Å². The van der Waals surface area contributed by atoms with Crippen molar-refractivity contribution in [2.24, 2.45) is 0 Å². The Hall–Kier alpha value is -2.43. The Balaban J connectivity index is 2.34. The monoisotopic (exact) mass is 289 g/mol. The lowest BCUT2D eigenvalue weighted by atomic mass is 10.1. The topological polar surface area (TPSA) is 59.3 Å². The van der Waals surface area contributed by atoms with Crippen LogP contribution in [-0.2, 0) is 13.0 Å². The molecule has 1 N–H and O–H groups in total. The van der Waals surface area contributed by atoms with Crippen molar-refractivity contribution in [2.45, 2.75) is 26.8 Å². The minimum atomic E-state index is -1.05. The maximum Gasteiger partial charge on any atom is 0.337 e. The van der Waals surface area contributed by atoms with Crippen molar-refractivity contribution in [3.05, 3.63) is 68.9 Å². The number of hydrogen-bond donors (Lipinski definition) is 1. The second-order valence-corrected chi connectivity index (χ2v) is 4.96. The largest absolute Gasteiger partial charge is 0.478 e. The molecule has 21 heavy (non-hydrogen) atoms. The number of pyridine rings is 1. The first-order valence-electron chi connectivity index (χ1n) is 6.59. The molecule has 2 rings (SSSR count). The molecular weight excluding hydrogens is 273 g/mol. The van der Waals surface area contributed by atoms with Gasteiger partial charge in [-0.05, 0) is 43.5 Å². The molecule has 1 aromatic carbocycles. The van der Waals surface area contributed by atoms with Crippen LogP contribution in [0.15, 0.2) is 35.1 Å². The van der Waals surface area contributed by atoms with Gasteiger partial charge in [0, 0.05) is 18.3 Å². The Morgan fingerprint density at radius 3 is 2.62 bits per heavy atom. The van der Waals surface area contributed by atoms with Gasteiger partial charge >= 0.3 is 5.97 Å². The Bertz CT molecular complexity index is 750. The first-order chi connectivity index (χ1) is 9.90. The fourth-order valence-corrected chi connectivity index (χ4v) is 2.46. The molecule has 0 fully saturated rings. The van der Waals surface area contributed by atoms with E-state index in [-0.39, 0.29) is 16.9 Å². The molecule has 0 saturated carbocycles. The summed E-state index contributed by atoms with van der Waals surface area (Å²) in [6, 6.07) is 7.47. The van der Waals surface area contributed by atoms with Crippen LogP contribution in [0.1, 0.15) is 27.2 Å². The maximum atomic E-state index is 13.1. The predicted molar refractivity (Wildman–Crippen MR) is 77.2 cm³/mol. The second-order valence-electron chi connectivity index (χ2n) is 4.96. The summed E-state index contributed by atoms with van der Waals surface area (Å²) in [5.74, 6) is -1.38. The summed E-state index contributed by atoms with van der Waals surface area (Å²) in [7, 11) is 0. The second kappa shape index (κ2) is 5.91. The molecule has 0 amide bonds. The van der Waals surface area contributed by atoms with E-state index in [1.165, 1.54) is 22.8 Å². The van der Waals surface area contributed by atoms with E-state index in [1.54, 1.807) is 26.0 Å². The van der Waals surface area contributed by atoms with Crippen molar-refractivity contribution in [3.63, 3.8) is 0 Å². The highest BCUT2D eigenvalue weighted by molar-refractivity contribution is 5.90. The van der Waals surface area contributed by atoms with Gasteiger partial charge < -0.3 is 9.67 Å². The molecule has 0 aliphatic heterocycles. The van der Waals surface area contributed by atoms with E-state index in [4.69, 9.17) is 0 Å². The van der Waals surface area contributed by atoms with Crippen molar-refractivity contribution >= 4 is 5.97 Å². The molecule has 1 heterocycles. The number of aromatic nitrogens is 1. The fourth-order valence-electron chi connectivity index (χ4n) is 2.46. The van der Waals surface area contributed by atoms with Gasteiger partial charge in [-0.1, -0.05) is 12.1 Å². The van der Waals surface area contributed by atoms with E-state index in [1.807, 2.05) is 0 Å². The molecule has 5 heteroatoms. The van der Waals surface area contributed by atoms with Gasteiger partial charge in [0.1, 0.15) is 5.82 Å². The van der Waals surface area contributed by atoms with Gasteiger partial charge in [-0.3, -0.25) is 4.79 Å². The van der Waals surface area contributed by atoms with Gasteiger partial charge in [0.15, 0.2) is 0 Å². The highest BCUT2D eigenvalue weighted by Gasteiger charge is 2.15. The maximum absolute atomic E-state index is 13.1. The number of carboxylic acid groups (broad SMARTS) is 1. The first-order valence-corrected chi connectivity index (χ1v) is 6.59. The lowest BCUT2D eigenvalue weighted by Gasteiger charge is -2.14. The molecule has 0 aliphatic carbocycles. The number of carboxylic acids is 1.